The van der Waals surface area contributed by atoms with Gasteiger partial charge in [0.25, 0.3) is 0 Å². The van der Waals surface area contributed by atoms with Crippen LogP contribution >= 0.6 is 0 Å². The quantitative estimate of drug-likeness (QED) is 0.167. The lowest BCUT2D eigenvalue weighted by Gasteiger charge is -2.23. The maximum atomic E-state index is 2.49. The third-order valence-corrected chi connectivity index (χ3v) is 12.2. The summed E-state index contributed by atoms with van der Waals surface area (Å²) < 4.78 is 0. The fraction of sp³-hybridized carbons (Fsp3) is 0.137. The second-order valence-corrected chi connectivity index (χ2v) is 15.8. The molecule has 0 N–H and O–H groups in total. The van der Waals surface area contributed by atoms with Crippen molar-refractivity contribution in [3.63, 3.8) is 0 Å². The Kier molecular flexibility index (Phi) is 6.29. The van der Waals surface area contributed by atoms with Gasteiger partial charge >= 0.3 is 0 Å². The zero-order chi connectivity index (χ0) is 34.6. The molecule has 0 spiro atoms. The summed E-state index contributed by atoms with van der Waals surface area (Å²) in [5.74, 6) is 0. The first-order valence-corrected chi connectivity index (χ1v) is 18.3. The molecular formula is C51H40. The Morgan fingerprint density at radius 1 is 0.314 bits per heavy atom. The van der Waals surface area contributed by atoms with Crippen molar-refractivity contribution in [3.05, 3.63) is 179 Å². The van der Waals surface area contributed by atoms with Gasteiger partial charge in [0.2, 0.25) is 0 Å². The smallest absolute Gasteiger partial charge is 0.0159 e. The van der Waals surface area contributed by atoms with Crippen LogP contribution in [-0.4, -0.2) is 0 Å². The normalized spacial score (nSPS) is 14.7. The Morgan fingerprint density at radius 2 is 0.725 bits per heavy atom. The second-order valence-electron chi connectivity index (χ2n) is 15.8. The highest BCUT2D eigenvalue weighted by molar-refractivity contribution is 6.22. The molecule has 0 amide bonds. The van der Waals surface area contributed by atoms with Gasteiger partial charge in [-0.25, -0.2) is 0 Å². The summed E-state index contributed by atoms with van der Waals surface area (Å²) in [6.07, 6.45) is 0. The van der Waals surface area contributed by atoms with Gasteiger partial charge < -0.3 is 0 Å². The number of hydrogen-bond acceptors (Lipinski definition) is 0. The Morgan fingerprint density at radius 3 is 1.33 bits per heavy atom. The van der Waals surface area contributed by atoms with E-state index in [1.165, 1.54) is 105 Å². The molecule has 0 fully saturated rings. The summed E-state index contributed by atoms with van der Waals surface area (Å²) >= 11 is 0. The van der Waals surface area contributed by atoms with Crippen molar-refractivity contribution >= 4 is 21.5 Å². The van der Waals surface area contributed by atoms with Gasteiger partial charge in [-0.1, -0.05) is 167 Å². The summed E-state index contributed by atoms with van der Waals surface area (Å²) in [6, 6.07) is 57.5. The molecular weight excluding hydrogens is 613 g/mol. The molecule has 0 atom stereocenters. The summed E-state index contributed by atoms with van der Waals surface area (Å²) in [5, 5.41) is 5.15. The maximum Gasteiger partial charge on any atom is 0.0159 e. The standard InChI is InChI=1S/C51H40/c1-31-18-20-32(21-19-31)48-40-14-6-7-15-41(40)49(35-24-26-39-37-13-9-11-17-45(37)51(4,5)47(39)30-35)43-28-33(23-27-42(43)48)34-22-25-38-36-12-8-10-16-44(36)50(2,3)46(38)29-34/h6-30H,1-5H3. The highest BCUT2D eigenvalue weighted by Gasteiger charge is 2.36. The van der Waals surface area contributed by atoms with Gasteiger partial charge in [0, 0.05) is 10.8 Å². The van der Waals surface area contributed by atoms with Gasteiger partial charge in [-0.2, -0.15) is 0 Å². The van der Waals surface area contributed by atoms with Crippen LogP contribution in [0.25, 0.3) is 77.2 Å². The first kappa shape index (κ1) is 30.1. The van der Waals surface area contributed by atoms with Crippen LogP contribution in [0.15, 0.2) is 152 Å². The molecule has 2 aliphatic carbocycles. The molecule has 0 bridgehead atoms. The largest absolute Gasteiger partial charge is 0.0619 e. The maximum absolute atomic E-state index is 2.49. The average molecular weight is 653 g/mol. The predicted octanol–water partition coefficient (Wildman–Crippen LogP) is 13.9. The molecule has 0 heterocycles. The molecule has 8 aromatic rings. The van der Waals surface area contributed by atoms with Crippen LogP contribution in [0.2, 0.25) is 0 Å². The van der Waals surface area contributed by atoms with E-state index < -0.39 is 0 Å². The molecule has 0 heteroatoms. The van der Waals surface area contributed by atoms with E-state index in [2.05, 4.69) is 186 Å². The SMILES string of the molecule is Cc1ccc(-c2c3ccccc3c(-c3ccc4c(c3)C(C)(C)c3ccccc3-4)c3cc(-c4ccc5c(c4)C(C)(C)c4ccccc4-5)ccc23)cc1. The molecule has 0 saturated heterocycles. The van der Waals surface area contributed by atoms with Crippen molar-refractivity contribution in [1.29, 1.82) is 0 Å². The number of hydrogen-bond donors (Lipinski definition) is 0. The predicted molar refractivity (Wildman–Crippen MR) is 218 cm³/mol. The molecule has 51 heavy (non-hydrogen) atoms. The number of rotatable bonds is 3. The minimum absolute atomic E-state index is 0.0481. The highest BCUT2D eigenvalue weighted by atomic mass is 14.4. The Balaban J connectivity index is 1.25. The molecule has 0 aliphatic heterocycles. The van der Waals surface area contributed by atoms with E-state index in [0.717, 1.165) is 0 Å². The second kappa shape index (κ2) is 10.6. The van der Waals surface area contributed by atoms with E-state index in [1.54, 1.807) is 0 Å². The van der Waals surface area contributed by atoms with Crippen molar-refractivity contribution in [2.75, 3.05) is 0 Å². The fourth-order valence-electron chi connectivity index (χ4n) is 9.44. The lowest BCUT2D eigenvalue weighted by molar-refractivity contribution is 0.660. The van der Waals surface area contributed by atoms with Gasteiger partial charge in [0.05, 0.1) is 0 Å². The number of fused-ring (bicyclic) bond motifs is 8. The molecule has 0 unspecified atom stereocenters. The third kappa shape index (κ3) is 4.26. The number of benzene rings is 8. The summed E-state index contributed by atoms with van der Waals surface area (Å²) in [5.41, 5.74) is 19.8. The zero-order valence-electron chi connectivity index (χ0n) is 29.9. The monoisotopic (exact) mass is 652 g/mol. The molecule has 0 nitrogen and oxygen atoms in total. The van der Waals surface area contributed by atoms with Crippen LogP contribution in [0.5, 0.6) is 0 Å². The minimum atomic E-state index is -0.0741. The van der Waals surface area contributed by atoms with E-state index in [9.17, 15) is 0 Å². The summed E-state index contributed by atoms with van der Waals surface area (Å²) in [6.45, 7) is 11.7. The van der Waals surface area contributed by atoms with Gasteiger partial charge in [-0.05, 0) is 125 Å². The van der Waals surface area contributed by atoms with Crippen molar-refractivity contribution in [2.45, 2.75) is 45.4 Å². The van der Waals surface area contributed by atoms with Crippen molar-refractivity contribution < 1.29 is 0 Å². The first-order valence-electron chi connectivity index (χ1n) is 18.3. The molecule has 0 radical (unpaired) electrons. The van der Waals surface area contributed by atoms with Crippen LogP contribution in [-0.2, 0) is 10.8 Å². The van der Waals surface area contributed by atoms with Gasteiger partial charge in [-0.3, -0.25) is 0 Å². The highest BCUT2D eigenvalue weighted by Crippen LogP contribution is 2.53. The zero-order valence-corrected chi connectivity index (χ0v) is 29.9. The fourth-order valence-corrected chi connectivity index (χ4v) is 9.44. The Labute approximate surface area is 301 Å². The minimum Gasteiger partial charge on any atom is -0.0619 e. The average Bonchev–Trinajstić information content (AvgIpc) is 3.53. The first-order chi connectivity index (χ1) is 24.7. The van der Waals surface area contributed by atoms with Crippen LogP contribution in [0.4, 0.5) is 0 Å². The van der Waals surface area contributed by atoms with Crippen LogP contribution in [0.3, 0.4) is 0 Å². The van der Waals surface area contributed by atoms with Gasteiger partial charge in [0.1, 0.15) is 0 Å². The molecule has 2 aliphatic rings. The van der Waals surface area contributed by atoms with Crippen molar-refractivity contribution in [1.82, 2.24) is 0 Å². The Bertz CT molecular complexity index is 2740. The van der Waals surface area contributed by atoms with E-state index in [0.29, 0.717) is 0 Å². The lowest BCUT2D eigenvalue weighted by atomic mass is 9.80. The van der Waals surface area contributed by atoms with Crippen molar-refractivity contribution in [3.8, 4) is 55.6 Å². The topological polar surface area (TPSA) is 0 Å². The molecule has 8 aromatic carbocycles. The van der Waals surface area contributed by atoms with E-state index in [1.807, 2.05) is 0 Å². The Hall–Kier alpha value is -5.72. The summed E-state index contributed by atoms with van der Waals surface area (Å²) in [7, 11) is 0. The molecule has 244 valence electrons. The molecule has 0 saturated carbocycles. The number of aryl methyl sites for hydroxylation is 1. The van der Waals surface area contributed by atoms with Crippen molar-refractivity contribution in [2.24, 2.45) is 0 Å². The van der Waals surface area contributed by atoms with Crippen LogP contribution in [0, 0.1) is 6.92 Å². The van der Waals surface area contributed by atoms with Gasteiger partial charge in [0.15, 0.2) is 0 Å². The van der Waals surface area contributed by atoms with Crippen LogP contribution in [0.1, 0.15) is 55.5 Å². The molecule has 0 aromatic heterocycles. The molecule has 10 rings (SSSR count). The van der Waals surface area contributed by atoms with Gasteiger partial charge in [-0.15, -0.1) is 0 Å². The lowest BCUT2D eigenvalue weighted by Crippen LogP contribution is -2.14. The van der Waals surface area contributed by atoms with E-state index in [4.69, 9.17) is 0 Å². The van der Waals surface area contributed by atoms with Crippen LogP contribution < -0.4 is 0 Å². The van der Waals surface area contributed by atoms with E-state index >= 15 is 0 Å². The van der Waals surface area contributed by atoms with E-state index in [-0.39, 0.29) is 10.8 Å². The summed E-state index contributed by atoms with van der Waals surface area (Å²) in [4.78, 5) is 0. The third-order valence-electron chi connectivity index (χ3n) is 12.2.